The van der Waals surface area contributed by atoms with Gasteiger partial charge in [-0.1, -0.05) is 44.2 Å². The number of aliphatic hydroxyl groups is 1. The number of aliphatic hydroxyl groups excluding tert-OH is 1. The monoisotopic (exact) mass is 290 g/mol. The second-order valence-electron chi connectivity index (χ2n) is 6.41. The van der Waals surface area contributed by atoms with Crippen LogP contribution < -0.4 is 5.32 Å². The fraction of sp³-hybridized carbons (Fsp3) is 0.667. The molecule has 0 saturated heterocycles. The molecule has 0 aliphatic heterocycles. The van der Waals surface area contributed by atoms with Gasteiger partial charge in [0.25, 0.3) is 0 Å². The third kappa shape index (κ3) is 4.06. The third-order valence-corrected chi connectivity index (χ3v) is 4.74. The van der Waals surface area contributed by atoms with Gasteiger partial charge in [0.05, 0.1) is 12.1 Å². The van der Waals surface area contributed by atoms with Crippen LogP contribution in [0.4, 0.5) is 0 Å². The van der Waals surface area contributed by atoms with Gasteiger partial charge in [-0.15, -0.1) is 0 Å². The van der Waals surface area contributed by atoms with E-state index < -0.39 is 0 Å². The lowest BCUT2D eigenvalue weighted by Gasteiger charge is -2.40. The fourth-order valence-electron chi connectivity index (χ4n) is 3.25. The minimum atomic E-state index is -0.347. The highest BCUT2D eigenvalue weighted by Gasteiger charge is 2.38. The van der Waals surface area contributed by atoms with Crippen LogP contribution in [-0.4, -0.2) is 42.3 Å². The number of nitrogens with one attached hydrogen (secondary N) is 1. The molecule has 1 fully saturated rings. The Morgan fingerprint density at radius 3 is 2.33 bits per heavy atom. The average molecular weight is 290 g/mol. The van der Waals surface area contributed by atoms with Crippen molar-refractivity contribution in [3.63, 3.8) is 0 Å². The molecule has 21 heavy (non-hydrogen) atoms. The topological polar surface area (TPSA) is 35.5 Å². The first-order valence-corrected chi connectivity index (χ1v) is 8.29. The van der Waals surface area contributed by atoms with E-state index in [1.807, 2.05) is 6.07 Å². The highest BCUT2D eigenvalue weighted by molar-refractivity contribution is 5.26. The number of benzene rings is 1. The first-order chi connectivity index (χ1) is 10.1. The minimum Gasteiger partial charge on any atom is -0.394 e. The quantitative estimate of drug-likeness (QED) is 0.734. The number of rotatable bonds is 9. The van der Waals surface area contributed by atoms with E-state index in [1.54, 1.807) is 0 Å². The van der Waals surface area contributed by atoms with Crippen molar-refractivity contribution in [1.82, 2.24) is 10.2 Å². The molecule has 2 N–H and O–H groups in total. The van der Waals surface area contributed by atoms with E-state index in [9.17, 15) is 5.11 Å². The summed E-state index contributed by atoms with van der Waals surface area (Å²) in [5, 5.41) is 13.9. The zero-order chi connectivity index (χ0) is 15.3. The zero-order valence-corrected chi connectivity index (χ0v) is 13.7. The third-order valence-electron chi connectivity index (χ3n) is 4.74. The summed E-state index contributed by atoms with van der Waals surface area (Å²) in [6.45, 7) is 5.46. The van der Waals surface area contributed by atoms with E-state index in [-0.39, 0.29) is 12.1 Å². The molecule has 1 aliphatic carbocycles. The predicted octanol–water partition coefficient (Wildman–Crippen LogP) is 2.75. The summed E-state index contributed by atoms with van der Waals surface area (Å²) in [6, 6.07) is 11.6. The zero-order valence-electron chi connectivity index (χ0n) is 13.7. The van der Waals surface area contributed by atoms with Crippen molar-refractivity contribution in [2.24, 2.45) is 0 Å². The average Bonchev–Trinajstić information content (AvgIpc) is 3.32. The molecular weight excluding hydrogens is 260 g/mol. The summed E-state index contributed by atoms with van der Waals surface area (Å²) >= 11 is 0. The minimum absolute atomic E-state index is 0.137. The second-order valence-corrected chi connectivity index (χ2v) is 6.41. The normalized spacial score (nSPS) is 18.2. The van der Waals surface area contributed by atoms with Crippen molar-refractivity contribution in [2.45, 2.75) is 57.2 Å². The highest BCUT2D eigenvalue weighted by atomic mass is 16.3. The Labute approximate surface area is 129 Å². The maximum atomic E-state index is 10.2. The van der Waals surface area contributed by atoms with Crippen molar-refractivity contribution in [2.75, 3.05) is 20.2 Å². The molecule has 0 amide bonds. The second kappa shape index (κ2) is 7.39. The van der Waals surface area contributed by atoms with Crippen molar-refractivity contribution in [3.8, 4) is 0 Å². The lowest BCUT2D eigenvalue weighted by Crippen LogP contribution is -2.55. The molecule has 0 radical (unpaired) electrons. The lowest BCUT2D eigenvalue weighted by molar-refractivity contribution is 0.0940. The van der Waals surface area contributed by atoms with Gasteiger partial charge >= 0.3 is 0 Å². The summed E-state index contributed by atoms with van der Waals surface area (Å²) in [5.41, 5.74) is 0.844. The molecule has 1 unspecified atom stereocenters. The fourth-order valence-corrected chi connectivity index (χ4v) is 3.25. The Morgan fingerprint density at radius 2 is 1.86 bits per heavy atom. The molecule has 1 aromatic carbocycles. The van der Waals surface area contributed by atoms with Crippen LogP contribution in [0.1, 0.15) is 45.1 Å². The Morgan fingerprint density at radius 1 is 1.24 bits per heavy atom. The summed E-state index contributed by atoms with van der Waals surface area (Å²) in [4.78, 5) is 2.40. The number of likely N-dealkylation sites (N-methyl/N-ethyl adjacent to an activating group) is 1. The van der Waals surface area contributed by atoms with Gasteiger partial charge in [-0.2, -0.15) is 0 Å². The van der Waals surface area contributed by atoms with Gasteiger partial charge in [0.15, 0.2) is 0 Å². The van der Waals surface area contributed by atoms with Crippen LogP contribution in [-0.2, 0) is 5.54 Å². The maximum absolute atomic E-state index is 10.2. The molecule has 1 saturated carbocycles. The molecular formula is C18H30N2O. The van der Waals surface area contributed by atoms with Gasteiger partial charge in [0.1, 0.15) is 0 Å². The van der Waals surface area contributed by atoms with Crippen LogP contribution in [0.5, 0.6) is 0 Å². The van der Waals surface area contributed by atoms with Gasteiger partial charge < -0.3 is 15.3 Å². The van der Waals surface area contributed by atoms with E-state index >= 15 is 0 Å². The molecule has 0 heterocycles. The van der Waals surface area contributed by atoms with Crippen molar-refractivity contribution < 1.29 is 5.11 Å². The lowest BCUT2D eigenvalue weighted by atomic mass is 9.89. The largest absolute Gasteiger partial charge is 0.394 e. The number of hydrogen-bond donors (Lipinski definition) is 2. The van der Waals surface area contributed by atoms with Crippen LogP contribution in [0.3, 0.4) is 0 Å². The van der Waals surface area contributed by atoms with Crippen LogP contribution in [0.2, 0.25) is 0 Å². The molecule has 1 aliphatic rings. The van der Waals surface area contributed by atoms with Gasteiger partial charge in [-0.25, -0.2) is 0 Å². The summed E-state index contributed by atoms with van der Waals surface area (Å²) < 4.78 is 0. The first kappa shape index (κ1) is 16.5. The van der Waals surface area contributed by atoms with Crippen LogP contribution in [0.15, 0.2) is 30.3 Å². The van der Waals surface area contributed by atoms with E-state index in [0.29, 0.717) is 12.1 Å². The number of hydrogen-bond acceptors (Lipinski definition) is 3. The van der Waals surface area contributed by atoms with Crippen molar-refractivity contribution in [1.29, 1.82) is 0 Å². The molecule has 0 aromatic heterocycles. The Kier molecular flexibility index (Phi) is 5.80. The van der Waals surface area contributed by atoms with Crippen molar-refractivity contribution >= 4 is 0 Å². The predicted molar refractivity (Wildman–Crippen MR) is 88.4 cm³/mol. The molecule has 1 aromatic rings. The Bertz CT molecular complexity index is 414. The highest BCUT2D eigenvalue weighted by Crippen LogP contribution is 2.30. The van der Waals surface area contributed by atoms with Gasteiger partial charge in [0.2, 0.25) is 0 Å². The van der Waals surface area contributed by atoms with Crippen LogP contribution >= 0.6 is 0 Å². The van der Waals surface area contributed by atoms with E-state index in [2.05, 4.69) is 55.4 Å². The standard InChI is InChI=1S/C18H30N2O/c1-4-17(5-2)20(3)13-18(14-21,19-16-11-12-16)15-9-7-6-8-10-15/h6-10,16-17,19,21H,4-5,11-14H2,1-3H3. The van der Waals surface area contributed by atoms with E-state index in [4.69, 9.17) is 0 Å². The van der Waals surface area contributed by atoms with Crippen LogP contribution in [0, 0.1) is 0 Å². The maximum Gasteiger partial charge on any atom is 0.0799 e. The van der Waals surface area contributed by atoms with Crippen LogP contribution in [0.25, 0.3) is 0 Å². The van der Waals surface area contributed by atoms with Gasteiger partial charge in [0, 0.05) is 18.6 Å². The molecule has 0 spiro atoms. The summed E-state index contributed by atoms with van der Waals surface area (Å²) in [7, 11) is 2.18. The van der Waals surface area contributed by atoms with E-state index in [1.165, 1.54) is 18.4 Å². The molecule has 1 atom stereocenters. The van der Waals surface area contributed by atoms with Crippen molar-refractivity contribution in [3.05, 3.63) is 35.9 Å². The SMILES string of the molecule is CCC(CC)N(C)CC(CO)(NC1CC1)c1ccccc1. The van der Waals surface area contributed by atoms with Gasteiger partial charge in [-0.05, 0) is 38.3 Å². The molecule has 3 heteroatoms. The van der Waals surface area contributed by atoms with E-state index in [0.717, 1.165) is 19.4 Å². The molecule has 2 rings (SSSR count). The molecule has 118 valence electrons. The first-order valence-electron chi connectivity index (χ1n) is 8.29. The molecule has 0 bridgehead atoms. The Balaban J connectivity index is 2.22. The smallest absolute Gasteiger partial charge is 0.0799 e. The van der Waals surface area contributed by atoms with Gasteiger partial charge in [-0.3, -0.25) is 0 Å². The molecule has 3 nitrogen and oxygen atoms in total. The number of nitrogens with zero attached hydrogens (tertiary/aromatic N) is 1. The summed E-state index contributed by atoms with van der Waals surface area (Å²) in [6.07, 6.45) is 4.74. The summed E-state index contributed by atoms with van der Waals surface area (Å²) in [5.74, 6) is 0. The Hall–Kier alpha value is -0.900.